The Bertz CT molecular complexity index is 284. The standard InChI is InChI=1S/C11H17BrN2O/c1-3-4-5-6-7-15-11-8-10(12)13-9(2)14-11/h8H,3-7H2,1-2H3. The summed E-state index contributed by atoms with van der Waals surface area (Å²) >= 11 is 3.32. The third-order valence-corrected chi connectivity index (χ3v) is 2.44. The summed E-state index contributed by atoms with van der Waals surface area (Å²) in [7, 11) is 0. The van der Waals surface area contributed by atoms with Gasteiger partial charge in [0.2, 0.25) is 5.88 Å². The van der Waals surface area contributed by atoms with Crippen LogP contribution >= 0.6 is 15.9 Å². The van der Waals surface area contributed by atoms with Crippen molar-refractivity contribution in [3.8, 4) is 5.88 Å². The lowest BCUT2D eigenvalue weighted by Crippen LogP contribution is -2.01. The number of rotatable bonds is 6. The predicted octanol–water partition coefficient (Wildman–Crippen LogP) is 3.51. The second-order valence-electron chi connectivity index (χ2n) is 3.49. The van der Waals surface area contributed by atoms with Crippen LogP contribution in [-0.2, 0) is 0 Å². The molecule has 0 aliphatic carbocycles. The number of unbranched alkanes of at least 4 members (excludes halogenated alkanes) is 3. The van der Waals surface area contributed by atoms with Crippen LogP contribution in [0.15, 0.2) is 10.7 Å². The van der Waals surface area contributed by atoms with Gasteiger partial charge in [-0.05, 0) is 29.3 Å². The largest absolute Gasteiger partial charge is 0.478 e. The van der Waals surface area contributed by atoms with Gasteiger partial charge in [0.15, 0.2) is 0 Å². The number of hydrogen-bond donors (Lipinski definition) is 0. The zero-order valence-corrected chi connectivity index (χ0v) is 10.9. The fraction of sp³-hybridized carbons (Fsp3) is 0.636. The Kier molecular flexibility index (Phi) is 5.61. The molecule has 1 aromatic heterocycles. The number of hydrogen-bond acceptors (Lipinski definition) is 3. The minimum atomic E-state index is 0.658. The highest BCUT2D eigenvalue weighted by atomic mass is 79.9. The Morgan fingerprint density at radius 2 is 2.07 bits per heavy atom. The van der Waals surface area contributed by atoms with Crippen molar-refractivity contribution >= 4 is 15.9 Å². The van der Waals surface area contributed by atoms with Gasteiger partial charge in [-0.15, -0.1) is 0 Å². The van der Waals surface area contributed by atoms with E-state index < -0.39 is 0 Å². The summed E-state index contributed by atoms with van der Waals surface area (Å²) in [5.74, 6) is 1.39. The van der Waals surface area contributed by atoms with Crippen molar-refractivity contribution in [1.29, 1.82) is 0 Å². The van der Waals surface area contributed by atoms with E-state index in [-0.39, 0.29) is 0 Å². The molecule has 0 radical (unpaired) electrons. The minimum Gasteiger partial charge on any atom is -0.478 e. The molecular formula is C11H17BrN2O. The van der Waals surface area contributed by atoms with Crippen LogP contribution in [0.5, 0.6) is 5.88 Å². The third-order valence-electron chi connectivity index (χ3n) is 2.03. The van der Waals surface area contributed by atoms with E-state index in [1.165, 1.54) is 19.3 Å². The van der Waals surface area contributed by atoms with E-state index >= 15 is 0 Å². The molecule has 1 rings (SSSR count). The van der Waals surface area contributed by atoms with E-state index in [0.717, 1.165) is 23.5 Å². The first-order valence-corrected chi connectivity index (χ1v) is 6.15. The third kappa shape index (κ3) is 5.11. The summed E-state index contributed by atoms with van der Waals surface area (Å²) in [6.45, 7) is 4.79. The Balaban J connectivity index is 2.31. The molecular weight excluding hydrogens is 256 g/mol. The molecule has 0 N–H and O–H groups in total. The Morgan fingerprint density at radius 3 is 2.73 bits per heavy atom. The van der Waals surface area contributed by atoms with E-state index in [1.54, 1.807) is 6.07 Å². The first-order valence-electron chi connectivity index (χ1n) is 5.36. The average molecular weight is 273 g/mol. The molecule has 0 fully saturated rings. The van der Waals surface area contributed by atoms with Crippen LogP contribution in [0.2, 0.25) is 0 Å². The summed E-state index contributed by atoms with van der Waals surface area (Å²) in [5.41, 5.74) is 0. The van der Waals surface area contributed by atoms with Gasteiger partial charge in [-0.2, -0.15) is 4.98 Å². The van der Waals surface area contributed by atoms with Crippen molar-refractivity contribution in [2.75, 3.05) is 6.61 Å². The van der Waals surface area contributed by atoms with E-state index in [1.807, 2.05) is 6.92 Å². The summed E-state index contributed by atoms with van der Waals surface area (Å²) < 4.78 is 6.31. The topological polar surface area (TPSA) is 35.0 Å². The molecule has 84 valence electrons. The van der Waals surface area contributed by atoms with Gasteiger partial charge in [0, 0.05) is 6.07 Å². The average Bonchev–Trinajstić information content (AvgIpc) is 2.16. The maximum Gasteiger partial charge on any atom is 0.217 e. The molecule has 0 bridgehead atoms. The highest BCUT2D eigenvalue weighted by Crippen LogP contribution is 2.14. The van der Waals surface area contributed by atoms with Crippen molar-refractivity contribution < 1.29 is 4.74 Å². The lowest BCUT2D eigenvalue weighted by atomic mass is 10.2. The molecule has 0 aliphatic rings. The molecule has 1 aromatic rings. The summed E-state index contributed by atoms with van der Waals surface area (Å²) in [6, 6.07) is 1.80. The highest BCUT2D eigenvalue weighted by Gasteiger charge is 2.00. The van der Waals surface area contributed by atoms with Gasteiger partial charge in [-0.25, -0.2) is 4.98 Å². The zero-order chi connectivity index (χ0) is 11.1. The molecule has 0 unspecified atom stereocenters. The SMILES string of the molecule is CCCCCCOc1cc(Br)nc(C)n1. The molecule has 0 saturated heterocycles. The predicted molar refractivity (Wildman–Crippen MR) is 64.1 cm³/mol. The molecule has 1 heterocycles. The quantitative estimate of drug-likeness (QED) is 0.587. The maximum absolute atomic E-state index is 5.53. The van der Waals surface area contributed by atoms with Crippen molar-refractivity contribution in [1.82, 2.24) is 9.97 Å². The molecule has 0 aromatic carbocycles. The number of aromatic nitrogens is 2. The smallest absolute Gasteiger partial charge is 0.217 e. The first kappa shape index (κ1) is 12.4. The van der Waals surface area contributed by atoms with Gasteiger partial charge >= 0.3 is 0 Å². The monoisotopic (exact) mass is 272 g/mol. The minimum absolute atomic E-state index is 0.658. The summed E-state index contributed by atoms with van der Waals surface area (Å²) in [4.78, 5) is 8.31. The van der Waals surface area contributed by atoms with E-state index in [0.29, 0.717) is 5.88 Å². The van der Waals surface area contributed by atoms with Gasteiger partial charge in [0.05, 0.1) is 6.61 Å². The second kappa shape index (κ2) is 6.77. The first-order chi connectivity index (χ1) is 7.22. The van der Waals surface area contributed by atoms with Crippen LogP contribution < -0.4 is 4.74 Å². The maximum atomic E-state index is 5.53. The van der Waals surface area contributed by atoms with Crippen molar-refractivity contribution in [2.45, 2.75) is 39.5 Å². The highest BCUT2D eigenvalue weighted by molar-refractivity contribution is 9.10. The Hall–Kier alpha value is -0.640. The molecule has 0 amide bonds. The van der Waals surface area contributed by atoms with E-state index in [4.69, 9.17) is 4.74 Å². The fourth-order valence-corrected chi connectivity index (χ4v) is 1.74. The molecule has 3 nitrogen and oxygen atoms in total. The van der Waals surface area contributed by atoms with Crippen molar-refractivity contribution in [3.05, 3.63) is 16.5 Å². The lowest BCUT2D eigenvalue weighted by molar-refractivity contribution is 0.292. The fourth-order valence-electron chi connectivity index (χ4n) is 1.29. The molecule has 0 aliphatic heterocycles. The van der Waals surface area contributed by atoms with Crippen molar-refractivity contribution in [2.24, 2.45) is 0 Å². The van der Waals surface area contributed by atoms with Gasteiger partial charge in [-0.1, -0.05) is 26.2 Å². The molecule has 0 spiro atoms. The number of nitrogens with zero attached hydrogens (tertiary/aromatic N) is 2. The zero-order valence-electron chi connectivity index (χ0n) is 9.29. The van der Waals surface area contributed by atoms with Crippen LogP contribution in [0.3, 0.4) is 0 Å². The van der Waals surface area contributed by atoms with Crippen LogP contribution in [0.4, 0.5) is 0 Å². The van der Waals surface area contributed by atoms with Gasteiger partial charge in [-0.3, -0.25) is 0 Å². The molecule has 15 heavy (non-hydrogen) atoms. The molecule has 4 heteroatoms. The normalized spacial score (nSPS) is 10.3. The summed E-state index contributed by atoms with van der Waals surface area (Å²) in [6.07, 6.45) is 4.84. The van der Waals surface area contributed by atoms with Gasteiger partial charge in [0.1, 0.15) is 10.4 Å². The van der Waals surface area contributed by atoms with Crippen LogP contribution in [0.1, 0.15) is 38.4 Å². The number of aryl methyl sites for hydroxylation is 1. The van der Waals surface area contributed by atoms with Crippen molar-refractivity contribution in [3.63, 3.8) is 0 Å². The Labute approximate surface area is 99.4 Å². The van der Waals surface area contributed by atoms with E-state index in [2.05, 4.69) is 32.8 Å². The van der Waals surface area contributed by atoms with Gasteiger partial charge in [0.25, 0.3) is 0 Å². The van der Waals surface area contributed by atoms with Gasteiger partial charge < -0.3 is 4.74 Å². The number of halogens is 1. The Morgan fingerprint density at radius 1 is 1.27 bits per heavy atom. The lowest BCUT2D eigenvalue weighted by Gasteiger charge is -2.05. The summed E-state index contributed by atoms with van der Waals surface area (Å²) in [5, 5.41) is 0. The van der Waals surface area contributed by atoms with Crippen LogP contribution in [-0.4, -0.2) is 16.6 Å². The second-order valence-corrected chi connectivity index (χ2v) is 4.30. The number of ether oxygens (including phenoxy) is 1. The molecule has 0 atom stereocenters. The molecule has 0 saturated carbocycles. The van der Waals surface area contributed by atoms with Crippen LogP contribution in [0.25, 0.3) is 0 Å². The van der Waals surface area contributed by atoms with E-state index in [9.17, 15) is 0 Å². The van der Waals surface area contributed by atoms with Crippen LogP contribution in [0, 0.1) is 6.92 Å².